The van der Waals surface area contributed by atoms with E-state index in [0.29, 0.717) is 11.8 Å². The first-order chi connectivity index (χ1) is 17.3. The van der Waals surface area contributed by atoms with Crippen LogP contribution < -0.4 is 15.0 Å². The molecule has 1 amide bonds. The zero-order chi connectivity index (χ0) is 25.7. The van der Waals surface area contributed by atoms with Gasteiger partial charge in [0.15, 0.2) is 0 Å². The number of anilines is 1. The number of piperazine rings is 1. The Morgan fingerprint density at radius 1 is 1.14 bits per heavy atom. The van der Waals surface area contributed by atoms with Crippen molar-refractivity contribution in [3.8, 4) is 5.75 Å². The summed E-state index contributed by atoms with van der Waals surface area (Å²) >= 11 is 0. The molecule has 4 rings (SSSR count). The van der Waals surface area contributed by atoms with Crippen LogP contribution in [0.2, 0.25) is 0 Å². The number of hydrogen-bond acceptors (Lipinski definition) is 5. The molecule has 0 bridgehead atoms. The van der Waals surface area contributed by atoms with Crippen LogP contribution in [0.1, 0.15) is 49.3 Å². The van der Waals surface area contributed by atoms with Gasteiger partial charge in [-0.05, 0) is 80.5 Å². The minimum absolute atomic E-state index is 0.00415. The third-order valence-corrected chi connectivity index (χ3v) is 7.47. The number of carboxylic acid groups (broad SMARTS) is 1. The predicted octanol–water partition coefficient (Wildman–Crippen LogP) is 4.02. The molecule has 1 atom stereocenters. The number of ether oxygens (including phenoxy) is 1. The van der Waals surface area contributed by atoms with Gasteiger partial charge >= 0.3 is 5.97 Å². The van der Waals surface area contributed by atoms with Crippen LogP contribution in [-0.2, 0) is 22.6 Å². The number of amides is 1. The first-order valence-corrected chi connectivity index (χ1v) is 13.1. The highest BCUT2D eigenvalue weighted by Gasteiger charge is 2.30. The molecule has 0 aromatic heterocycles. The Morgan fingerprint density at radius 3 is 2.61 bits per heavy atom. The highest BCUT2D eigenvalue weighted by molar-refractivity contribution is 5.94. The number of carboxylic acids is 1. The predicted molar refractivity (Wildman–Crippen MR) is 141 cm³/mol. The Balaban J connectivity index is 1.29. The standard InChI is InChI=1S/C29H39N3O4/c1-20-15-25(10-7-24(20)19-32-14-13-30-21(2)18-32)31(3)29(35)23-8-11-26(12-9-23)36-27-6-4-5-22(16-27)17-28(33)34/h4-7,10,15-16,21,23,26,30H,8-9,11-14,17-19H2,1-3H3,(H,33,34)/t21-,23-,26-/m0/s1. The highest BCUT2D eigenvalue weighted by atomic mass is 16.5. The molecule has 7 nitrogen and oxygen atoms in total. The number of carbonyl (C=O) groups excluding carboxylic acids is 1. The summed E-state index contributed by atoms with van der Waals surface area (Å²) in [6.07, 6.45) is 3.25. The molecule has 7 heteroatoms. The number of hydrogen-bond donors (Lipinski definition) is 2. The second-order valence-corrected chi connectivity index (χ2v) is 10.4. The molecule has 0 radical (unpaired) electrons. The molecular formula is C29H39N3O4. The third-order valence-electron chi connectivity index (χ3n) is 7.47. The summed E-state index contributed by atoms with van der Waals surface area (Å²) < 4.78 is 6.12. The molecule has 0 spiro atoms. The Hall–Kier alpha value is -2.90. The molecule has 2 aromatic rings. The van der Waals surface area contributed by atoms with Crippen molar-refractivity contribution in [2.45, 2.75) is 64.6 Å². The van der Waals surface area contributed by atoms with Crippen LogP contribution in [0.5, 0.6) is 5.75 Å². The average Bonchev–Trinajstić information content (AvgIpc) is 2.85. The second kappa shape index (κ2) is 11.9. The molecule has 1 saturated carbocycles. The third kappa shape index (κ3) is 6.86. The summed E-state index contributed by atoms with van der Waals surface area (Å²) in [5.41, 5.74) is 4.22. The summed E-state index contributed by atoms with van der Waals surface area (Å²) in [7, 11) is 1.88. The van der Waals surface area contributed by atoms with Crippen molar-refractivity contribution in [2.75, 3.05) is 31.6 Å². The van der Waals surface area contributed by atoms with Gasteiger partial charge in [0, 0.05) is 50.9 Å². The lowest BCUT2D eigenvalue weighted by Crippen LogP contribution is -2.48. The topological polar surface area (TPSA) is 82.1 Å². The number of aliphatic carboxylic acids is 1. The van der Waals surface area contributed by atoms with E-state index in [0.717, 1.165) is 63.1 Å². The van der Waals surface area contributed by atoms with E-state index in [1.807, 2.05) is 24.1 Å². The molecule has 1 aliphatic heterocycles. The van der Waals surface area contributed by atoms with E-state index < -0.39 is 5.97 Å². The lowest BCUT2D eigenvalue weighted by atomic mass is 9.86. The van der Waals surface area contributed by atoms with E-state index in [1.165, 1.54) is 11.1 Å². The van der Waals surface area contributed by atoms with E-state index in [1.54, 1.807) is 12.1 Å². The fourth-order valence-electron chi connectivity index (χ4n) is 5.39. The Bertz CT molecular complexity index is 1060. The van der Waals surface area contributed by atoms with Gasteiger partial charge in [-0.2, -0.15) is 0 Å². The zero-order valence-electron chi connectivity index (χ0n) is 21.7. The lowest BCUT2D eigenvalue weighted by Gasteiger charge is -2.32. The van der Waals surface area contributed by atoms with Crippen LogP contribution in [-0.4, -0.2) is 60.7 Å². The Kier molecular flexibility index (Phi) is 8.64. The SMILES string of the molecule is Cc1cc(N(C)C(=O)[C@H]2CC[C@H](Oc3cccc(CC(=O)O)c3)CC2)ccc1CN1CCN[C@@H](C)C1. The monoisotopic (exact) mass is 493 g/mol. The number of rotatable bonds is 8. The fraction of sp³-hybridized carbons (Fsp3) is 0.517. The van der Waals surface area contributed by atoms with Crippen molar-refractivity contribution in [3.05, 3.63) is 59.2 Å². The molecule has 0 unspecified atom stereocenters. The normalized spacial score (nSPS) is 22.7. The minimum Gasteiger partial charge on any atom is -0.490 e. The fourth-order valence-corrected chi connectivity index (χ4v) is 5.39. The van der Waals surface area contributed by atoms with Crippen molar-refractivity contribution in [2.24, 2.45) is 5.92 Å². The summed E-state index contributed by atoms with van der Waals surface area (Å²) in [4.78, 5) is 28.5. The van der Waals surface area contributed by atoms with Crippen LogP contribution in [0, 0.1) is 12.8 Å². The molecule has 36 heavy (non-hydrogen) atoms. The van der Waals surface area contributed by atoms with Crippen LogP contribution in [0.15, 0.2) is 42.5 Å². The number of nitrogens with one attached hydrogen (secondary N) is 1. The van der Waals surface area contributed by atoms with E-state index in [-0.39, 0.29) is 24.3 Å². The van der Waals surface area contributed by atoms with Gasteiger partial charge in [0.1, 0.15) is 5.75 Å². The number of nitrogens with zero attached hydrogens (tertiary/aromatic N) is 2. The maximum absolute atomic E-state index is 13.3. The van der Waals surface area contributed by atoms with Crippen LogP contribution in [0.4, 0.5) is 5.69 Å². The van der Waals surface area contributed by atoms with Gasteiger partial charge in [-0.15, -0.1) is 0 Å². The number of aryl methyl sites for hydroxylation is 1. The van der Waals surface area contributed by atoms with Gasteiger partial charge < -0.3 is 20.1 Å². The van der Waals surface area contributed by atoms with Crippen LogP contribution in [0.25, 0.3) is 0 Å². The van der Waals surface area contributed by atoms with Crippen molar-refractivity contribution in [3.63, 3.8) is 0 Å². The van der Waals surface area contributed by atoms with Crippen molar-refractivity contribution in [1.29, 1.82) is 0 Å². The quantitative estimate of drug-likeness (QED) is 0.578. The first kappa shape index (κ1) is 26.2. The molecule has 1 saturated heterocycles. The largest absolute Gasteiger partial charge is 0.490 e. The Morgan fingerprint density at radius 2 is 1.92 bits per heavy atom. The molecule has 2 N–H and O–H groups in total. The second-order valence-electron chi connectivity index (χ2n) is 10.4. The van der Waals surface area contributed by atoms with Gasteiger partial charge in [-0.1, -0.05) is 18.2 Å². The summed E-state index contributed by atoms with van der Waals surface area (Å²) in [6, 6.07) is 14.2. The number of benzene rings is 2. The maximum atomic E-state index is 13.3. The zero-order valence-corrected chi connectivity index (χ0v) is 21.7. The average molecular weight is 494 g/mol. The van der Waals surface area contributed by atoms with E-state index >= 15 is 0 Å². The minimum atomic E-state index is -0.852. The first-order valence-electron chi connectivity index (χ1n) is 13.1. The van der Waals surface area contributed by atoms with E-state index in [4.69, 9.17) is 9.84 Å². The van der Waals surface area contributed by atoms with E-state index in [9.17, 15) is 9.59 Å². The van der Waals surface area contributed by atoms with Gasteiger partial charge in [0.25, 0.3) is 0 Å². The molecule has 1 aliphatic carbocycles. The van der Waals surface area contributed by atoms with Gasteiger partial charge in [-0.3, -0.25) is 14.5 Å². The summed E-state index contributed by atoms with van der Waals surface area (Å²) in [5.74, 6) is 0.0105. The lowest BCUT2D eigenvalue weighted by molar-refractivity contribution is -0.136. The molecule has 2 aromatic carbocycles. The van der Waals surface area contributed by atoms with Gasteiger partial charge in [0.05, 0.1) is 12.5 Å². The van der Waals surface area contributed by atoms with E-state index in [2.05, 4.69) is 42.3 Å². The number of carbonyl (C=O) groups is 2. The van der Waals surface area contributed by atoms with Crippen LogP contribution in [0.3, 0.4) is 0 Å². The van der Waals surface area contributed by atoms with Crippen molar-refractivity contribution in [1.82, 2.24) is 10.2 Å². The van der Waals surface area contributed by atoms with Gasteiger partial charge in [-0.25, -0.2) is 0 Å². The maximum Gasteiger partial charge on any atom is 0.307 e. The molecular weight excluding hydrogens is 454 g/mol. The van der Waals surface area contributed by atoms with Gasteiger partial charge in [0.2, 0.25) is 5.91 Å². The highest BCUT2D eigenvalue weighted by Crippen LogP contribution is 2.31. The van der Waals surface area contributed by atoms with Crippen LogP contribution >= 0.6 is 0 Å². The molecule has 1 heterocycles. The van der Waals surface area contributed by atoms with Crippen molar-refractivity contribution >= 4 is 17.6 Å². The molecule has 194 valence electrons. The Labute approximate surface area is 214 Å². The molecule has 2 fully saturated rings. The van der Waals surface area contributed by atoms with Crippen molar-refractivity contribution < 1.29 is 19.4 Å². The summed E-state index contributed by atoms with van der Waals surface area (Å²) in [6.45, 7) is 8.45. The summed E-state index contributed by atoms with van der Waals surface area (Å²) in [5, 5.41) is 12.5. The molecule has 2 aliphatic rings. The smallest absolute Gasteiger partial charge is 0.307 e.